The minimum atomic E-state index is -0.00192. The maximum Gasteiger partial charge on any atom is 0.135 e. The molecule has 0 saturated carbocycles. The van der Waals surface area contributed by atoms with Crippen molar-refractivity contribution in [3.05, 3.63) is 109 Å². The average molecular weight is 507 g/mol. The molecule has 0 fully saturated rings. The molecule has 0 heterocycles. The Labute approximate surface area is 224 Å². The van der Waals surface area contributed by atoms with Crippen molar-refractivity contribution in [2.75, 3.05) is 26.4 Å². The van der Waals surface area contributed by atoms with E-state index in [1.165, 1.54) is 5.56 Å². The summed E-state index contributed by atoms with van der Waals surface area (Å²) in [7, 11) is 0. The van der Waals surface area contributed by atoms with Gasteiger partial charge >= 0.3 is 0 Å². The number of para-hydroxylation sites is 2. The molecule has 0 atom stereocenters. The molecule has 0 amide bonds. The second kappa shape index (κ2) is 11.5. The van der Waals surface area contributed by atoms with E-state index in [1.54, 1.807) is 0 Å². The first-order chi connectivity index (χ1) is 18.5. The van der Waals surface area contributed by atoms with Crippen LogP contribution in [0.3, 0.4) is 0 Å². The predicted molar refractivity (Wildman–Crippen MR) is 155 cm³/mol. The van der Waals surface area contributed by atoms with Gasteiger partial charge in [-0.1, -0.05) is 93.6 Å². The summed E-state index contributed by atoms with van der Waals surface area (Å²) < 4.78 is 24.6. The molecular formula is C34H34O4. The fraction of sp³-hybridized carbons (Fsp3) is 0.235. The molecule has 0 aromatic heterocycles. The predicted octanol–water partition coefficient (Wildman–Crippen LogP) is 8.21. The quantitative estimate of drug-likeness (QED) is 0.141. The van der Waals surface area contributed by atoms with E-state index in [0.717, 1.165) is 44.5 Å². The zero-order valence-electron chi connectivity index (χ0n) is 22.3. The van der Waals surface area contributed by atoms with Gasteiger partial charge in [0, 0.05) is 21.5 Å². The van der Waals surface area contributed by atoms with Gasteiger partial charge in [0.05, 0.1) is 0 Å². The van der Waals surface area contributed by atoms with Crippen LogP contribution in [0, 0.1) is 0 Å². The van der Waals surface area contributed by atoms with Crippen molar-refractivity contribution in [2.45, 2.75) is 26.2 Å². The van der Waals surface area contributed by atoms with Gasteiger partial charge < -0.3 is 18.9 Å². The fourth-order valence-corrected chi connectivity index (χ4v) is 4.52. The molecule has 0 aliphatic rings. The summed E-state index contributed by atoms with van der Waals surface area (Å²) in [5.41, 5.74) is 1.24. The van der Waals surface area contributed by atoms with Crippen LogP contribution in [0.1, 0.15) is 26.3 Å². The third-order valence-corrected chi connectivity index (χ3v) is 6.47. The van der Waals surface area contributed by atoms with Crippen LogP contribution in [0.15, 0.2) is 103 Å². The molecule has 0 bridgehead atoms. The van der Waals surface area contributed by atoms with Crippen LogP contribution in [-0.4, -0.2) is 26.4 Å². The first kappa shape index (κ1) is 25.5. The highest BCUT2D eigenvalue weighted by Gasteiger charge is 2.20. The molecular weight excluding hydrogens is 472 g/mol. The monoisotopic (exact) mass is 506 g/mol. The van der Waals surface area contributed by atoms with Crippen LogP contribution in [0.4, 0.5) is 0 Å². The summed E-state index contributed by atoms with van der Waals surface area (Å²) >= 11 is 0. The molecule has 5 aromatic rings. The number of rotatable bonds is 10. The molecule has 4 heteroatoms. The molecule has 0 aliphatic heterocycles. The first-order valence-electron chi connectivity index (χ1n) is 13.1. The summed E-state index contributed by atoms with van der Waals surface area (Å²) in [6.07, 6.45) is 0. The number of fused-ring (bicyclic) bond motifs is 2. The zero-order chi connectivity index (χ0) is 26.4. The van der Waals surface area contributed by atoms with Crippen molar-refractivity contribution in [3.8, 4) is 23.0 Å². The zero-order valence-corrected chi connectivity index (χ0v) is 22.3. The van der Waals surface area contributed by atoms with E-state index in [4.69, 9.17) is 18.9 Å². The van der Waals surface area contributed by atoms with E-state index in [2.05, 4.69) is 51.1 Å². The van der Waals surface area contributed by atoms with Gasteiger partial charge in [-0.15, -0.1) is 0 Å². The number of ether oxygens (including phenoxy) is 4. The van der Waals surface area contributed by atoms with Gasteiger partial charge in [0.1, 0.15) is 49.4 Å². The van der Waals surface area contributed by atoms with Crippen molar-refractivity contribution in [1.82, 2.24) is 0 Å². The van der Waals surface area contributed by atoms with Gasteiger partial charge in [-0.3, -0.25) is 0 Å². The lowest BCUT2D eigenvalue weighted by molar-refractivity contribution is 0.218. The third-order valence-electron chi connectivity index (χ3n) is 6.47. The van der Waals surface area contributed by atoms with E-state index in [9.17, 15) is 0 Å². The summed E-state index contributed by atoms with van der Waals surface area (Å²) in [4.78, 5) is 0. The SMILES string of the molecule is CC(C)(C)c1ccc2c(OCCOc3ccccc3)c3ccccc3c(OCCOc3ccccc3)c2c1. The van der Waals surface area contributed by atoms with Crippen molar-refractivity contribution in [2.24, 2.45) is 0 Å². The summed E-state index contributed by atoms with van der Waals surface area (Å²) in [5, 5.41) is 4.09. The Balaban J connectivity index is 1.46. The van der Waals surface area contributed by atoms with Crippen LogP contribution in [0.2, 0.25) is 0 Å². The van der Waals surface area contributed by atoms with Crippen molar-refractivity contribution in [3.63, 3.8) is 0 Å². The molecule has 4 nitrogen and oxygen atoms in total. The van der Waals surface area contributed by atoms with Gasteiger partial charge in [0.15, 0.2) is 0 Å². The Kier molecular flexibility index (Phi) is 7.69. The van der Waals surface area contributed by atoms with Crippen molar-refractivity contribution < 1.29 is 18.9 Å². The van der Waals surface area contributed by atoms with Crippen LogP contribution in [0.25, 0.3) is 21.5 Å². The van der Waals surface area contributed by atoms with E-state index < -0.39 is 0 Å². The van der Waals surface area contributed by atoms with Crippen LogP contribution < -0.4 is 18.9 Å². The van der Waals surface area contributed by atoms with Crippen molar-refractivity contribution >= 4 is 21.5 Å². The lowest BCUT2D eigenvalue weighted by atomic mass is 9.85. The largest absolute Gasteiger partial charge is 0.490 e. The number of hydrogen-bond donors (Lipinski definition) is 0. The molecule has 0 aliphatic carbocycles. The lowest BCUT2D eigenvalue weighted by Crippen LogP contribution is -2.13. The minimum Gasteiger partial charge on any atom is -0.490 e. The molecule has 0 N–H and O–H groups in total. The molecule has 0 spiro atoms. The van der Waals surface area contributed by atoms with Crippen LogP contribution in [0.5, 0.6) is 23.0 Å². The summed E-state index contributed by atoms with van der Waals surface area (Å²) in [6.45, 7) is 8.44. The molecule has 0 unspecified atom stereocenters. The van der Waals surface area contributed by atoms with Gasteiger partial charge in [-0.05, 0) is 41.3 Å². The number of benzene rings is 5. The average Bonchev–Trinajstić information content (AvgIpc) is 2.94. The van der Waals surface area contributed by atoms with E-state index >= 15 is 0 Å². The van der Waals surface area contributed by atoms with Crippen molar-refractivity contribution in [1.29, 1.82) is 0 Å². The Bertz CT molecular complexity index is 1490. The molecule has 38 heavy (non-hydrogen) atoms. The first-order valence-corrected chi connectivity index (χ1v) is 13.1. The topological polar surface area (TPSA) is 36.9 Å². The molecule has 5 rings (SSSR count). The van der Waals surface area contributed by atoms with Gasteiger partial charge in [0.2, 0.25) is 0 Å². The molecule has 5 aromatic carbocycles. The maximum absolute atomic E-state index is 6.46. The van der Waals surface area contributed by atoms with E-state index in [1.807, 2.05) is 72.8 Å². The third kappa shape index (κ3) is 5.86. The highest BCUT2D eigenvalue weighted by molar-refractivity contribution is 6.11. The van der Waals surface area contributed by atoms with Gasteiger partial charge in [-0.2, -0.15) is 0 Å². The standard InChI is InChI=1S/C34H34O4/c1-34(2,3)25-18-19-30-31(24-25)33(38-23-21-36-27-14-8-5-9-15-27)29-17-11-10-16-28(29)32(30)37-22-20-35-26-12-6-4-7-13-26/h4-19,24H,20-23H2,1-3H3. The Morgan fingerprint density at radius 2 is 0.868 bits per heavy atom. The second-order valence-corrected chi connectivity index (χ2v) is 10.2. The second-order valence-electron chi connectivity index (χ2n) is 10.2. The maximum atomic E-state index is 6.46. The summed E-state index contributed by atoms with van der Waals surface area (Å²) in [6, 6.07) is 34.5. The summed E-state index contributed by atoms with van der Waals surface area (Å²) in [5.74, 6) is 3.37. The Morgan fingerprint density at radius 1 is 0.447 bits per heavy atom. The molecule has 0 radical (unpaired) electrons. The van der Waals surface area contributed by atoms with Crippen LogP contribution in [-0.2, 0) is 5.41 Å². The van der Waals surface area contributed by atoms with E-state index in [-0.39, 0.29) is 5.41 Å². The van der Waals surface area contributed by atoms with E-state index in [0.29, 0.717) is 26.4 Å². The Hall–Kier alpha value is -4.18. The van der Waals surface area contributed by atoms with Gasteiger partial charge in [-0.25, -0.2) is 0 Å². The smallest absolute Gasteiger partial charge is 0.135 e. The molecule has 0 saturated heterocycles. The highest BCUT2D eigenvalue weighted by Crippen LogP contribution is 2.44. The lowest BCUT2D eigenvalue weighted by Gasteiger charge is -2.22. The normalized spacial score (nSPS) is 11.4. The van der Waals surface area contributed by atoms with Gasteiger partial charge in [0.25, 0.3) is 0 Å². The number of hydrogen-bond acceptors (Lipinski definition) is 4. The minimum absolute atomic E-state index is 0.00192. The Morgan fingerprint density at radius 3 is 1.37 bits per heavy atom. The molecule has 194 valence electrons. The fourth-order valence-electron chi connectivity index (χ4n) is 4.52. The van der Waals surface area contributed by atoms with Crippen LogP contribution >= 0.6 is 0 Å². The highest BCUT2D eigenvalue weighted by atomic mass is 16.5.